The van der Waals surface area contributed by atoms with Gasteiger partial charge in [0.25, 0.3) is 5.56 Å². The quantitative estimate of drug-likeness (QED) is 0.428. The Hall–Kier alpha value is -4.41. The van der Waals surface area contributed by atoms with Crippen LogP contribution >= 0.6 is 0 Å². The third-order valence-electron chi connectivity index (χ3n) is 5.97. The van der Waals surface area contributed by atoms with E-state index in [1.165, 1.54) is 28.1 Å². The van der Waals surface area contributed by atoms with Gasteiger partial charge < -0.3 is 10.2 Å². The Bertz CT molecular complexity index is 1320. The van der Waals surface area contributed by atoms with Crippen LogP contribution in [0.4, 0.5) is 5.82 Å². The van der Waals surface area contributed by atoms with E-state index < -0.39 is 0 Å². The second-order valence-corrected chi connectivity index (χ2v) is 8.31. The van der Waals surface area contributed by atoms with Crippen molar-refractivity contribution in [2.75, 3.05) is 24.5 Å². The summed E-state index contributed by atoms with van der Waals surface area (Å²) in [4.78, 5) is 31.0. The van der Waals surface area contributed by atoms with Crippen LogP contribution in [-0.2, 0) is 11.3 Å². The van der Waals surface area contributed by atoms with Crippen LogP contribution in [0.25, 0.3) is 17.1 Å². The minimum absolute atomic E-state index is 0.0379. The number of hydrogen-bond donors (Lipinski definition) is 1. The zero-order valence-electron chi connectivity index (χ0n) is 19.1. The average molecular weight is 472 g/mol. The smallest absolute Gasteiger partial charge is 0.266 e. The summed E-state index contributed by atoms with van der Waals surface area (Å²) in [6, 6.07) is 16.8. The van der Waals surface area contributed by atoms with Crippen molar-refractivity contribution in [2.24, 2.45) is 5.92 Å². The zero-order valence-corrected chi connectivity index (χ0v) is 19.1. The second kappa shape index (κ2) is 10.2. The van der Waals surface area contributed by atoms with E-state index in [4.69, 9.17) is 0 Å². The Morgan fingerprint density at radius 3 is 2.66 bits per heavy atom. The largest absolute Gasteiger partial charge is 0.354 e. The molecule has 4 aromatic rings. The monoisotopic (exact) mass is 471 g/mol. The average Bonchev–Trinajstić information content (AvgIpc) is 3.46. The summed E-state index contributed by atoms with van der Waals surface area (Å²) >= 11 is 0. The van der Waals surface area contributed by atoms with Crippen molar-refractivity contribution in [3.8, 4) is 17.1 Å². The van der Waals surface area contributed by atoms with Crippen LogP contribution in [0.2, 0.25) is 0 Å². The number of nitrogens with one attached hydrogen (secondary N) is 1. The molecule has 35 heavy (non-hydrogen) atoms. The molecule has 1 aromatic carbocycles. The first-order chi connectivity index (χ1) is 17.2. The molecule has 1 aliphatic rings. The molecular formula is C24H25N9O2. The van der Waals surface area contributed by atoms with Gasteiger partial charge in [-0.15, -0.1) is 15.3 Å². The molecule has 0 bridgehead atoms. The molecule has 11 nitrogen and oxygen atoms in total. The lowest BCUT2D eigenvalue weighted by Gasteiger charge is -2.32. The molecule has 1 unspecified atom stereocenters. The summed E-state index contributed by atoms with van der Waals surface area (Å²) in [5.74, 6) is 1.05. The van der Waals surface area contributed by atoms with Gasteiger partial charge in [0.05, 0.1) is 18.2 Å². The van der Waals surface area contributed by atoms with Crippen molar-refractivity contribution in [3.63, 3.8) is 0 Å². The lowest BCUT2D eigenvalue weighted by atomic mass is 9.97. The fourth-order valence-electron chi connectivity index (χ4n) is 4.13. The van der Waals surface area contributed by atoms with Crippen LogP contribution in [0.5, 0.6) is 0 Å². The van der Waals surface area contributed by atoms with Crippen LogP contribution in [0.1, 0.15) is 12.8 Å². The van der Waals surface area contributed by atoms with E-state index in [-0.39, 0.29) is 23.9 Å². The summed E-state index contributed by atoms with van der Waals surface area (Å²) in [5, 5.41) is 20.0. The Morgan fingerprint density at radius 2 is 1.89 bits per heavy atom. The van der Waals surface area contributed by atoms with Crippen LogP contribution in [0, 0.1) is 5.92 Å². The minimum atomic E-state index is -0.246. The molecule has 1 fully saturated rings. The van der Waals surface area contributed by atoms with Gasteiger partial charge in [0.15, 0.2) is 11.6 Å². The van der Waals surface area contributed by atoms with E-state index in [9.17, 15) is 9.59 Å². The van der Waals surface area contributed by atoms with Crippen molar-refractivity contribution in [1.29, 1.82) is 0 Å². The van der Waals surface area contributed by atoms with Crippen LogP contribution < -0.4 is 15.8 Å². The van der Waals surface area contributed by atoms with Gasteiger partial charge in [-0.3, -0.25) is 9.59 Å². The van der Waals surface area contributed by atoms with E-state index in [0.29, 0.717) is 18.9 Å². The maximum Gasteiger partial charge on any atom is 0.266 e. The summed E-state index contributed by atoms with van der Waals surface area (Å²) < 4.78 is 2.79. The number of benzene rings is 1. The van der Waals surface area contributed by atoms with Gasteiger partial charge in [0.2, 0.25) is 5.91 Å². The third kappa shape index (κ3) is 5.24. The molecule has 1 atom stereocenters. The Balaban J connectivity index is 1.17. The first-order valence-electron chi connectivity index (χ1n) is 11.5. The minimum Gasteiger partial charge on any atom is -0.354 e. The van der Waals surface area contributed by atoms with E-state index in [0.717, 1.165) is 36.5 Å². The number of rotatable bonds is 7. The predicted molar refractivity (Wildman–Crippen MR) is 129 cm³/mol. The molecule has 0 aliphatic carbocycles. The number of carbonyl (C=O) groups excluding carboxylic acids is 1. The Labute approximate surface area is 201 Å². The van der Waals surface area contributed by atoms with E-state index in [1.807, 2.05) is 42.5 Å². The van der Waals surface area contributed by atoms with E-state index in [1.54, 1.807) is 6.07 Å². The molecule has 0 saturated carbocycles. The number of nitrogens with zero attached hydrogens (tertiary/aromatic N) is 8. The normalized spacial score (nSPS) is 15.7. The van der Waals surface area contributed by atoms with Crippen LogP contribution in [0.15, 0.2) is 72.0 Å². The van der Waals surface area contributed by atoms with Crippen molar-refractivity contribution in [2.45, 2.75) is 19.4 Å². The molecule has 3 aromatic heterocycles. The maximum absolute atomic E-state index is 12.8. The molecule has 4 heterocycles. The standard InChI is InChI=1S/C24H25N9O2/c34-23-11-10-22(33-17-25-16-27-33)30-32(23)14-12-26-24(35)19-7-4-13-31(15-19)21-9-8-20(28-29-21)18-5-2-1-3-6-18/h1-3,5-6,8-11,16-17,19H,4,7,12-15H2,(H,26,35). The summed E-state index contributed by atoms with van der Waals surface area (Å²) in [6.07, 6.45) is 4.60. The molecule has 1 saturated heterocycles. The molecule has 1 aliphatic heterocycles. The topological polar surface area (TPSA) is 124 Å². The molecule has 178 valence electrons. The Morgan fingerprint density at radius 1 is 1.03 bits per heavy atom. The van der Waals surface area contributed by atoms with Gasteiger partial charge >= 0.3 is 0 Å². The fourth-order valence-corrected chi connectivity index (χ4v) is 4.13. The third-order valence-corrected chi connectivity index (χ3v) is 5.97. The maximum atomic E-state index is 12.8. The van der Waals surface area contributed by atoms with Gasteiger partial charge in [-0.2, -0.15) is 5.10 Å². The lowest BCUT2D eigenvalue weighted by Crippen LogP contribution is -2.44. The summed E-state index contributed by atoms with van der Waals surface area (Å²) in [6.45, 7) is 1.97. The number of aromatic nitrogens is 7. The van der Waals surface area contributed by atoms with Gasteiger partial charge in [-0.1, -0.05) is 30.3 Å². The zero-order chi connectivity index (χ0) is 24.0. The number of anilines is 1. The SMILES string of the molecule is O=C(NCCn1nc(-n2cncn2)ccc1=O)C1CCCN(c2ccc(-c3ccccc3)nn2)C1. The highest BCUT2D eigenvalue weighted by Gasteiger charge is 2.26. The summed E-state index contributed by atoms with van der Waals surface area (Å²) in [5.41, 5.74) is 1.59. The first-order valence-corrected chi connectivity index (χ1v) is 11.5. The molecule has 0 spiro atoms. The number of carbonyl (C=O) groups is 1. The van der Waals surface area contributed by atoms with Crippen molar-refractivity contribution in [3.05, 3.63) is 77.6 Å². The number of amides is 1. The van der Waals surface area contributed by atoms with Gasteiger partial charge in [-0.05, 0) is 31.0 Å². The van der Waals surface area contributed by atoms with Crippen molar-refractivity contribution < 1.29 is 4.79 Å². The van der Waals surface area contributed by atoms with Gasteiger partial charge in [-0.25, -0.2) is 14.3 Å². The van der Waals surface area contributed by atoms with Crippen LogP contribution in [-0.4, -0.2) is 60.3 Å². The first kappa shape index (κ1) is 22.4. The highest BCUT2D eigenvalue weighted by atomic mass is 16.2. The van der Waals surface area contributed by atoms with E-state index >= 15 is 0 Å². The molecule has 5 rings (SSSR count). The van der Waals surface area contributed by atoms with Gasteiger partial charge in [0, 0.05) is 31.3 Å². The fraction of sp³-hybridized carbons (Fsp3) is 0.292. The van der Waals surface area contributed by atoms with Gasteiger partial charge in [0.1, 0.15) is 12.7 Å². The number of piperidine rings is 1. The molecule has 1 N–H and O–H groups in total. The molecule has 1 amide bonds. The van der Waals surface area contributed by atoms with Crippen molar-refractivity contribution in [1.82, 2.24) is 40.1 Å². The highest BCUT2D eigenvalue weighted by molar-refractivity contribution is 5.79. The van der Waals surface area contributed by atoms with E-state index in [2.05, 4.69) is 35.6 Å². The summed E-state index contributed by atoms with van der Waals surface area (Å²) in [7, 11) is 0. The predicted octanol–water partition coefficient (Wildman–Crippen LogP) is 1.31. The molecule has 0 radical (unpaired) electrons. The Kier molecular flexibility index (Phi) is 6.55. The van der Waals surface area contributed by atoms with Crippen molar-refractivity contribution >= 4 is 11.7 Å². The lowest BCUT2D eigenvalue weighted by molar-refractivity contribution is -0.125. The highest BCUT2D eigenvalue weighted by Crippen LogP contribution is 2.23. The molecule has 11 heteroatoms. The number of hydrogen-bond acceptors (Lipinski definition) is 8. The second-order valence-electron chi connectivity index (χ2n) is 8.31. The molecular weight excluding hydrogens is 446 g/mol. The van der Waals surface area contributed by atoms with Crippen LogP contribution in [0.3, 0.4) is 0 Å².